The van der Waals surface area contributed by atoms with Crippen LogP contribution in [0.15, 0.2) is 102 Å². The van der Waals surface area contributed by atoms with Crippen LogP contribution in [0, 0.1) is 10.5 Å². The molecule has 0 aliphatic rings. The summed E-state index contributed by atoms with van der Waals surface area (Å²) in [7, 11) is 1.60. The van der Waals surface area contributed by atoms with Crippen molar-refractivity contribution >= 4 is 56.8 Å². The van der Waals surface area contributed by atoms with E-state index in [4.69, 9.17) is 9.47 Å². The number of amides is 2. The van der Waals surface area contributed by atoms with E-state index in [1.54, 1.807) is 24.8 Å². The van der Waals surface area contributed by atoms with Crippen molar-refractivity contribution in [2.45, 2.75) is 90.8 Å². The van der Waals surface area contributed by atoms with E-state index >= 15 is 0 Å². The average molecular weight is 856 g/mol. The molecule has 0 saturated heterocycles. The Morgan fingerprint density at radius 1 is 0.836 bits per heavy atom. The standard InChI is InChI=1S/C45H50IN3O6/c1-29-37(46)28-49(27-31-18-23-36(54-7)24-19-31)42(52)40(29)48-41(51)38(47-39(50)26-32-15-20-33-12-8-9-13-34(33)25-32)14-10-11-30-16-21-35(22-17-30)45(5,6)43(53)55-44(2,3)4/h8-9,12-13,15-25,28,38H,10-11,14,26-27H2,1-7H3,(H,47,50)(H,48,51). The summed E-state index contributed by atoms with van der Waals surface area (Å²) in [6.45, 7) is 11.4. The number of aromatic nitrogens is 1. The second-order valence-corrected chi connectivity index (χ2v) is 16.6. The smallest absolute Gasteiger partial charge is 0.316 e. The van der Waals surface area contributed by atoms with Crippen LogP contribution in [-0.2, 0) is 43.9 Å². The maximum Gasteiger partial charge on any atom is 0.316 e. The second kappa shape index (κ2) is 17.7. The number of hydrogen-bond acceptors (Lipinski definition) is 6. The van der Waals surface area contributed by atoms with Crippen LogP contribution in [-0.4, -0.2) is 41.1 Å². The van der Waals surface area contributed by atoms with Gasteiger partial charge in [-0.05, 0) is 134 Å². The molecule has 0 saturated carbocycles. The van der Waals surface area contributed by atoms with Crippen LogP contribution in [0.1, 0.15) is 75.3 Å². The van der Waals surface area contributed by atoms with Gasteiger partial charge in [0.1, 0.15) is 23.1 Å². The van der Waals surface area contributed by atoms with Crippen LogP contribution in [0.3, 0.4) is 0 Å². The van der Waals surface area contributed by atoms with Crippen molar-refractivity contribution in [1.29, 1.82) is 0 Å². The van der Waals surface area contributed by atoms with Gasteiger partial charge in [0, 0.05) is 9.77 Å². The van der Waals surface area contributed by atoms with Crippen LogP contribution in [0.2, 0.25) is 0 Å². The van der Waals surface area contributed by atoms with Gasteiger partial charge >= 0.3 is 5.97 Å². The maximum atomic E-state index is 14.1. The molecule has 4 aromatic carbocycles. The summed E-state index contributed by atoms with van der Waals surface area (Å²) in [5.74, 6) is -0.327. The quantitative estimate of drug-likeness (QED) is 0.0859. The number of aryl methyl sites for hydroxylation is 1. The molecule has 2 N–H and O–H groups in total. The highest BCUT2D eigenvalue weighted by Gasteiger charge is 2.34. The number of carbonyl (C=O) groups is 3. The first kappa shape index (κ1) is 41.2. The molecule has 9 nitrogen and oxygen atoms in total. The van der Waals surface area contributed by atoms with Gasteiger partial charge in [-0.3, -0.25) is 19.2 Å². The number of ether oxygens (including phenoxy) is 2. The summed E-state index contributed by atoms with van der Waals surface area (Å²) in [5.41, 5.74) is 2.69. The molecule has 5 rings (SSSR count). The van der Waals surface area contributed by atoms with Crippen LogP contribution in [0.5, 0.6) is 5.75 Å². The fraction of sp³-hybridized carbons (Fsp3) is 0.333. The van der Waals surface area contributed by atoms with Crippen molar-refractivity contribution in [2.24, 2.45) is 0 Å². The minimum absolute atomic E-state index is 0.0977. The monoisotopic (exact) mass is 855 g/mol. The molecule has 288 valence electrons. The number of carbonyl (C=O) groups excluding carboxylic acids is 3. The Bertz CT molecular complexity index is 2220. The van der Waals surface area contributed by atoms with Crippen LogP contribution in [0.25, 0.3) is 10.8 Å². The third-order valence-electron chi connectivity index (χ3n) is 9.61. The molecule has 0 aliphatic carbocycles. The van der Waals surface area contributed by atoms with Gasteiger partial charge in [-0.25, -0.2) is 0 Å². The lowest BCUT2D eigenvalue weighted by molar-refractivity contribution is -0.160. The normalized spacial score (nSPS) is 12.2. The summed E-state index contributed by atoms with van der Waals surface area (Å²) in [5, 5.41) is 7.98. The molecule has 0 bridgehead atoms. The predicted molar refractivity (Wildman–Crippen MR) is 227 cm³/mol. The van der Waals surface area contributed by atoms with Gasteiger partial charge in [0.15, 0.2) is 0 Å². The molecule has 0 spiro atoms. The summed E-state index contributed by atoms with van der Waals surface area (Å²) in [4.78, 5) is 54.3. The van der Waals surface area contributed by atoms with E-state index in [2.05, 4.69) is 33.2 Å². The van der Waals surface area contributed by atoms with Crippen molar-refractivity contribution in [3.05, 3.63) is 139 Å². The molecular weight excluding hydrogens is 805 g/mol. The van der Waals surface area contributed by atoms with Gasteiger partial charge in [-0.1, -0.05) is 78.9 Å². The van der Waals surface area contributed by atoms with Gasteiger partial charge in [-0.15, -0.1) is 0 Å². The molecule has 1 unspecified atom stereocenters. The summed E-state index contributed by atoms with van der Waals surface area (Å²) < 4.78 is 13.3. The number of nitrogens with one attached hydrogen (secondary N) is 2. The van der Waals surface area contributed by atoms with Crippen molar-refractivity contribution in [3.63, 3.8) is 0 Å². The molecule has 10 heteroatoms. The molecule has 5 aromatic rings. The third kappa shape index (κ3) is 10.8. The molecule has 0 radical (unpaired) electrons. The summed E-state index contributed by atoms with van der Waals surface area (Å²) in [6.07, 6.45) is 3.43. The Balaban J connectivity index is 1.33. The van der Waals surface area contributed by atoms with Gasteiger partial charge < -0.3 is 24.7 Å². The van der Waals surface area contributed by atoms with Crippen molar-refractivity contribution in [1.82, 2.24) is 9.88 Å². The fourth-order valence-electron chi connectivity index (χ4n) is 6.29. The number of nitrogens with zero attached hydrogens (tertiary/aromatic N) is 1. The zero-order valence-corrected chi connectivity index (χ0v) is 34.8. The van der Waals surface area contributed by atoms with E-state index in [0.717, 1.165) is 42.3 Å². The minimum atomic E-state index is -0.898. The van der Waals surface area contributed by atoms with Crippen LogP contribution < -0.4 is 20.9 Å². The molecule has 55 heavy (non-hydrogen) atoms. The third-order valence-corrected chi connectivity index (χ3v) is 10.7. The number of methoxy groups -OCH3 is 1. The van der Waals surface area contributed by atoms with E-state index in [1.165, 1.54) is 0 Å². The summed E-state index contributed by atoms with van der Waals surface area (Å²) in [6, 6.07) is 28.3. The summed E-state index contributed by atoms with van der Waals surface area (Å²) >= 11 is 2.17. The lowest BCUT2D eigenvalue weighted by atomic mass is 9.84. The van der Waals surface area contributed by atoms with E-state index in [1.807, 2.05) is 126 Å². The van der Waals surface area contributed by atoms with E-state index in [-0.39, 0.29) is 29.5 Å². The Kier molecular flexibility index (Phi) is 13.2. The first-order chi connectivity index (χ1) is 26.0. The predicted octanol–water partition coefficient (Wildman–Crippen LogP) is 8.28. The Morgan fingerprint density at radius 3 is 2.13 bits per heavy atom. The molecule has 0 aliphatic heterocycles. The fourth-order valence-corrected chi connectivity index (χ4v) is 6.89. The lowest BCUT2D eigenvalue weighted by Gasteiger charge is -2.29. The van der Waals surface area contributed by atoms with Crippen LogP contribution >= 0.6 is 22.6 Å². The number of hydrogen-bond donors (Lipinski definition) is 2. The number of anilines is 1. The van der Waals surface area contributed by atoms with Gasteiger partial charge in [0.25, 0.3) is 5.56 Å². The molecule has 1 heterocycles. The van der Waals surface area contributed by atoms with Gasteiger partial charge in [0.2, 0.25) is 11.8 Å². The second-order valence-electron chi connectivity index (χ2n) is 15.4. The lowest BCUT2D eigenvalue weighted by Crippen LogP contribution is -2.45. The molecule has 1 atom stereocenters. The van der Waals surface area contributed by atoms with Crippen molar-refractivity contribution < 1.29 is 23.9 Å². The molecule has 1 aromatic heterocycles. The number of benzene rings is 4. The number of halogens is 1. The van der Waals surface area contributed by atoms with Crippen molar-refractivity contribution in [2.75, 3.05) is 12.4 Å². The zero-order chi connectivity index (χ0) is 39.9. The van der Waals surface area contributed by atoms with Crippen LogP contribution in [0.4, 0.5) is 5.69 Å². The van der Waals surface area contributed by atoms with Gasteiger partial charge in [0.05, 0.1) is 25.5 Å². The first-order valence-electron chi connectivity index (χ1n) is 18.5. The number of esters is 1. The van der Waals surface area contributed by atoms with Gasteiger partial charge in [-0.2, -0.15) is 0 Å². The highest BCUT2D eigenvalue weighted by molar-refractivity contribution is 14.1. The van der Waals surface area contributed by atoms with Crippen molar-refractivity contribution in [3.8, 4) is 5.75 Å². The number of pyridine rings is 1. The average Bonchev–Trinajstić information content (AvgIpc) is 3.14. The highest BCUT2D eigenvalue weighted by Crippen LogP contribution is 2.28. The Labute approximate surface area is 337 Å². The number of rotatable bonds is 14. The first-order valence-corrected chi connectivity index (χ1v) is 19.5. The topological polar surface area (TPSA) is 116 Å². The Morgan fingerprint density at radius 2 is 1.47 bits per heavy atom. The Hall–Kier alpha value is -4.97. The zero-order valence-electron chi connectivity index (χ0n) is 32.6. The maximum absolute atomic E-state index is 14.1. The van der Waals surface area contributed by atoms with E-state index in [0.29, 0.717) is 31.4 Å². The minimum Gasteiger partial charge on any atom is -0.497 e. The SMILES string of the molecule is COc1ccc(Cn2cc(I)c(C)c(NC(=O)C(CCCc3ccc(C(C)(C)C(=O)OC(C)(C)C)cc3)NC(=O)Cc3ccc4ccccc4c3)c2=O)cc1. The largest absolute Gasteiger partial charge is 0.497 e. The molecular formula is C45H50IN3O6. The van der Waals surface area contributed by atoms with E-state index < -0.39 is 23.0 Å². The molecule has 2 amide bonds. The number of fused-ring (bicyclic) bond motifs is 1. The van der Waals surface area contributed by atoms with E-state index in [9.17, 15) is 19.2 Å². The molecule has 0 fully saturated rings. The highest BCUT2D eigenvalue weighted by atomic mass is 127.